The second-order valence-electron chi connectivity index (χ2n) is 3.75. The summed E-state index contributed by atoms with van der Waals surface area (Å²) in [6.45, 7) is 2.75. The summed E-state index contributed by atoms with van der Waals surface area (Å²) in [6.07, 6.45) is -2.26. The number of ether oxygens (including phenoxy) is 1. The number of hydrogen-bond donors (Lipinski definition) is 1. The van der Waals surface area contributed by atoms with Crippen LogP contribution in [0.5, 0.6) is 0 Å². The van der Waals surface area contributed by atoms with Crippen molar-refractivity contribution in [3.8, 4) is 0 Å². The number of alkyl halides is 2. The van der Waals surface area contributed by atoms with Gasteiger partial charge in [0, 0.05) is 5.02 Å². The Kier molecular flexibility index (Phi) is 4.65. The first-order valence-corrected chi connectivity index (χ1v) is 5.67. The van der Waals surface area contributed by atoms with Gasteiger partial charge in [0.2, 0.25) is 0 Å². The summed E-state index contributed by atoms with van der Waals surface area (Å²) in [5.41, 5.74) is 0.316. The van der Waals surface area contributed by atoms with Crippen molar-refractivity contribution in [1.29, 1.82) is 0 Å². The van der Waals surface area contributed by atoms with E-state index < -0.39 is 18.0 Å². The molecule has 1 atom stereocenters. The lowest BCUT2D eigenvalue weighted by atomic mass is 9.99. The second kappa shape index (κ2) is 5.63. The minimum Gasteiger partial charge on any atom is -0.461 e. The van der Waals surface area contributed by atoms with E-state index in [1.807, 2.05) is 0 Å². The fraction of sp³-hybridized carbons (Fsp3) is 0.417. The average Bonchev–Trinajstić information content (AvgIpc) is 2.28. The molecule has 0 saturated heterocycles. The molecule has 0 saturated carbocycles. The predicted molar refractivity (Wildman–Crippen MR) is 62.7 cm³/mol. The molecule has 1 N–H and O–H groups in total. The first-order valence-electron chi connectivity index (χ1n) is 5.29. The number of rotatable bonds is 4. The highest BCUT2D eigenvalue weighted by atomic mass is 35.5. The third-order valence-electron chi connectivity index (χ3n) is 2.42. The third kappa shape index (κ3) is 2.97. The zero-order valence-corrected chi connectivity index (χ0v) is 10.7. The van der Waals surface area contributed by atoms with E-state index >= 15 is 0 Å². The molecular formula is C12H13ClF2O3. The van der Waals surface area contributed by atoms with Crippen molar-refractivity contribution < 1.29 is 23.4 Å². The normalized spacial score (nSPS) is 13.2. The van der Waals surface area contributed by atoms with Gasteiger partial charge in [-0.3, -0.25) is 0 Å². The van der Waals surface area contributed by atoms with Crippen LogP contribution in [0.3, 0.4) is 0 Å². The summed E-state index contributed by atoms with van der Waals surface area (Å²) < 4.78 is 31.5. The van der Waals surface area contributed by atoms with E-state index in [9.17, 15) is 18.7 Å². The van der Waals surface area contributed by atoms with Crippen LogP contribution in [-0.2, 0) is 9.53 Å². The minimum absolute atomic E-state index is 0.0579. The van der Waals surface area contributed by atoms with Crippen LogP contribution in [0.25, 0.3) is 0 Å². The Labute approximate surface area is 108 Å². The van der Waals surface area contributed by atoms with E-state index in [0.717, 1.165) is 0 Å². The molecule has 6 heteroatoms. The summed E-state index contributed by atoms with van der Waals surface area (Å²) in [4.78, 5) is 11.1. The number of hydrogen-bond acceptors (Lipinski definition) is 3. The lowest BCUT2D eigenvalue weighted by Crippen LogP contribution is -2.37. The fourth-order valence-electron chi connectivity index (χ4n) is 1.48. The van der Waals surface area contributed by atoms with Crippen molar-refractivity contribution >= 4 is 17.6 Å². The highest BCUT2D eigenvalue weighted by Gasteiger charge is 2.49. The Morgan fingerprint density at radius 3 is 2.67 bits per heavy atom. The topological polar surface area (TPSA) is 46.5 Å². The molecule has 0 heterocycles. The van der Waals surface area contributed by atoms with Gasteiger partial charge in [-0.25, -0.2) is 4.79 Å². The van der Waals surface area contributed by atoms with Gasteiger partial charge in [0.05, 0.1) is 6.61 Å². The molecule has 1 unspecified atom stereocenters. The molecule has 100 valence electrons. The summed E-state index contributed by atoms with van der Waals surface area (Å²) in [7, 11) is 0. The molecule has 0 aromatic heterocycles. The number of aliphatic hydroxyl groups is 1. The van der Waals surface area contributed by atoms with E-state index in [1.165, 1.54) is 32.0 Å². The van der Waals surface area contributed by atoms with Gasteiger partial charge in [-0.1, -0.05) is 17.7 Å². The van der Waals surface area contributed by atoms with Crippen LogP contribution in [0.2, 0.25) is 5.02 Å². The van der Waals surface area contributed by atoms with Crippen LogP contribution >= 0.6 is 11.6 Å². The average molecular weight is 279 g/mol. The van der Waals surface area contributed by atoms with Gasteiger partial charge < -0.3 is 9.84 Å². The molecule has 0 bridgehead atoms. The van der Waals surface area contributed by atoms with Crippen LogP contribution in [0.15, 0.2) is 18.2 Å². The van der Waals surface area contributed by atoms with Crippen LogP contribution in [0, 0.1) is 6.92 Å². The molecule has 0 aliphatic carbocycles. The molecule has 18 heavy (non-hydrogen) atoms. The Balaban J connectivity index is 3.05. The van der Waals surface area contributed by atoms with Crippen LogP contribution in [0.4, 0.5) is 8.78 Å². The SMILES string of the molecule is CCOC(=O)C(F)(F)C(O)c1ccc(Cl)cc1C. The van der Waals surface area contributed by atoms with Crippen LogP contribution in [0.1, 0.15) is 24.2 Å². The lowest BCUT2D eigenvalue weighted by molar-refractivity contribution is -0.189. The largest absolute Gasteiger partial charge is 0.461 e. The standard InChI is InChI=1S/C12H13ClF2O3/c1-3-18-11(17)12(14,15)10(16)9-5-4-8(13)6-7(9)2/h4-6,10,16H,3H2,1-2H3. The van der Waals surface area contributed by atoms with E-state index in [1.54, 1.807) is 0 Å². The van der Waals surface area contributed by atoms with Crippen molar-refractivity contribution in [3.63, 3.8) is 0 Å². The van der Waals surface area contributed by atoms with Gasteiger partial charge in [0.15, 0.2) is 6.10 Å². The Morgan fingerprint density at radius 1 is 1.56 bits per heavy atom. The van der Waals surface area contributed by atoms with Gasteiger partial charge >= 0.3 is 11.9 Å². The molecule has 1 aromatic carbocycles. The van der Waals surface area contributed by atoms with Gasteiger partial charge in [0.25, 0.3) is 0 Å². The quantitative estimate of drug-likeness (QED) is 0.862. The van der Waals surface area contributed by atoms with E-state index in [-0.39, 0.29) is 12.2 Å². The molecule has 0 amide bonds. The summed E-state index contributed by atoms with van der Waals surface area (Å²) in [6, 6.07) is 4.06. The molecule has 0 aliphatic heterocycles. The van der Waals surface area contributed by atoms with Crippen molar-refractivity contribution in [2.24, 2.45) is 0 Å². The van der Waals surface area contributed by atoms with Crippen LogP contribution in [-0.4, -0.2) is 23.6 Å². The molecule has 0 aliphatic rings. The Bertz CT molecular complexity index is 449. The highest BCUT2D eigenvalue weighted by Crippen LogP contribution is 2.34. The van der Waals surface area contributed by atoms with E-state index in [0.29, 0.717) is 10.6 Å². The number of halogens is 3. The van der Waals surface area contributed by atoms with Crippen molar-refractivity contribution in [1.82, 2.24) is 0 Å². The number of aryl methyl sites for hydroxylation is 1. The number of carbonyl (C=O) groups excluding carboxylic acids is 1. The third-order valence-corrected chi connectivity index (χ3v) is 2.65. The molecule has 0 fully saturated rings. The number of carbonyl (C=O) groups is 1. The summed E-state index contributed by atoms with van der Waals surface area (Å²) >= 11 is 5.69. The summed E-state index contributed by atoms with van der Waals surface area (Å²) in [5, 5.41) is 9.99. The van der Waals surface area contributed by atoms with Crippen molar-refractivity contribution in [3.05, 3.63) is 34.3 Å². The van der Waals surface area contributed by atoms with E-state index in [2.05, 4.69) is 4.74 Å². The van der Waals surface area contributed by atoms with Gasteiger partial charge in [-0.2, -0.15) is 8.78 Å². The first-order chi connectivity index (χ1) is 8.30. The zero-order chi connectivity index (χ0) is 13.9. The first kappa shape index (κ1) is 14.9. The zero-order valence-electron chi connectivity index (χ0n) is 9.91. The van der Waals surface area contributed by atoms with Gasteiger partial charge in [-0.05, 0) is 37.1 Å². The van der Waals surface area contributed by atoms with Crippen LogP contribution < -0.4 is 0 Å². The molecular weight excluding hydrogens is 266 g/mol. The lowest BCUT2D eigenvalue weighted by Gasteiger charge is -2.22. The minimum atomic E-state index is -3.99. The fourth-order valence-corrected chi connectivity index (χ4v) is 1.71. The van der Waals surface area contributed by atoms with Crippen molar-refractivity contribution in [2.75, 3.05) is 6.61 Å². The molecule has 1 rings (SSSR count). The maximum atomic E-state index is 13.6. The number of aliphatic hydroxyl groups excluding tert-OH is 1. The van der Waals surface area contributed by atoms with Gasteiger partial charge in [0.1, 0.15) is 0 Å². The summed E-state index contributed by atoms with van der Waals surface area (Å²) in [5.74, 6) is -5.74. The Morgan fingerprint density at radius 2 is 2.17 bits per heavy atom. The molecule has 0 spiro atoms. The van der Waals surface area contributed by atoms with Crippen molar-refractivity contribution in [2.45, 2.75) is 25.9 Å². The predicted octanol–water partition coefficient (Wildman–Crippen LogP) is 2.88. The maximum Gasteiger partial charge on any atom is 0.380 e. The van der Waals surface area contributed by atoms with E-state index in [4.69, 9.17) is 11.6 Å². The van der Waals surface area contributed by atoms with Gasteiger partial charge in [-0.15, -0.1) is 0 Å². The number of esters is 1. The smallest absolute Gasteiger partial charge is 0.380 e. The number of benzene rings is 1. The molecule has 1 aromatic rings. The molecule has 0 radical (unpaired) electrons. The monoisotopic (exact) mass is 278 g/mol. The second-order valence-corrected chi connectivity index (χ2v) is 4.18. The highest BCUT2D eigenvalue weighted by molar-refractivity contribution is 6.30. The molecule has 3 nitrogen and oxygen atoms in total. The Hall–Kier alpha value is -1.20. The maximum absolute atomic E-state index is 13.6.